The molecule has 0 saturated carbocycles. The number of nitrogens with zero attached hydrogens (tertiary/aromatic N) is 1. The van der Waals surface area contributed by atoms with E-state index in [0.29, 0.717) is 3.57 Å². The highest BCUT2D eigenvalue weighted by atomic mass is 127. The highest BCUT2D eigenvalue weighted by Gasteiger charge is 1.98. The summed E-state index contributed by atoms with van der Waals surface area (Å²) in [6.07, 6.45) is 1.40. The fourth-order valence-corrected chi connectivity index (χ4v) is 1.04. The van der Waals surface area contributed by atoms with Crippen molar-refractivity contribution in [1.82, 2.24) is 9.97 Å². The Balaban J connectivity index is 3.43. The minimum absolute atomic E-state index is 0.0741. The lowest BCUT2D eigenvalue weighted by Crippen LogP contribution is -2.11. The Morgan fingerprint density at radius 2 is 2.22 bits per heavy atom. The summed E-state index contributed by atoms with van der Waals surface area (Å²) < 4.78 is 1.40. The number of hydrogen-bond donors (Lipinski definition) is 1. The van der Waals surface area contributed by atoms with Crippen molar-refractivity contribution in [3.63, 3.8) is 0 Å². The molecule has 0 unspecified atom stereocenters. The molecule has 1 N–H and O–H groups in total. The molecule has 9 heavy (non-hydrogen) atoms. The smallest absolute Gasteiger partial charge is 0.265 e. The van der Waals surface area contributed by atoms with Crippen LogP contribution in [-0.2, 0) is 0 Å². The second kappa shape index (κ2) is 2.95. The van der Waals surface area contributed by atoms with Crippen molar-refractivity contribution in [2.45, 2.75) is 0 Å². The Hall–Kier alpha value is 0.340. The third-order valence-electron chi connectivity index (χ3n) is 0.754. The summed E-state index contributed by atoms with van der Waals surface area (Å²) >= 11 is 3.97. The lowest BCUT2D eigenvalue weighted by Gasteiger charge is -1.88. The van der Waals surface area contributed by atoms with E-state index in [0.717, 1.165) is 3.70 Å². The van der Waals surface area contributed by atoms with Gasteiger partial charge in [-0.2, -0.15) is 0 Å². The first-order chi connectivity index (χ1) is 4.22. The van der Waals surface area contributed by atoms with Crippen LogP contribution in [0.4, 0.5) is 0 Å². The fourth-order valence-electron chi connectivity index (χ4n) is 0.361. The van der Waals surface area contributed by atoms with Gasteiger partial charge in [0.15, 0.2) is 0 Å². The lowest BCUT2D eigenvalue weighted by molar-refractivity contribution is 1.07. The molecule has 0 saturated heterocycles. The van der Waals surface area contributed by atoms with E-state index < -0.39 is 0 Å². The van der Waals surface area contributed by atoms with Crippen molar-refractivity contribution in [3.05, 3.63) is 24.0 Å². The maximum atomic E-state index is 10.7. The van der Waals surface area contributed by atoms with Crippen LogP contribution in [0.2, 0.25) is 0 Å². The molecule has 0 fully saturated rings. The van der Waals surface area contributed by atoms with E-state index in [1.54, 1.807) is 0 Å². The van der Waals surface area contributed by atoms with Crippen LogP contribution in [0.15, 0.2) is 11.1 Å². The average molecular weight is 348 g/mol. The van der Waals surface area contributed by atoms with Crippen molar-refractivity contribution in [1.29, 1.82) is 0 Å². The Morgan fingerprint density at radius 3 is 2.67 bits per heavy atom. The van der Waals surface area contributed by atoms with Crippen LogP contribution in [-0.4, -0.2) is 9.97 Å². The minimum atomic E-state index is -0.0741. The molecule has 0 spiro atoms. The second-order valence-electron chi connectivity index (χ2n) is 1.34. The highest BCUT2D eigenvalue weighted by Crippen LogP contribution is 2.04. The maximum absolute atomic E-state index is 10.7. The summed E-state index contributed by atoms with van der Waals surface area (Å²) in [4.78, 5) is 17.1. The van der Waals surface area contributed by atoms with E-state index in [2.05, 4.69) is 9.97 Å². The fraction of sp³-hybridized carbons (Fsp3) is 0. The molecular formula is C4H2I2N2O. The zero-order valence-corrected chi connectivity index (χ0v) is 8.50. The van der Waals surface area contributed by atoms with Crippen molar-refractivity contribution in [2.24, 2.45) is 0 Å². The monoisotopic (exact) mass is 348 g/mol. The molecule has 1 aromatic heterocycles. The summed E-state index contributed by atoms with van der Waals surface area (Å²) in [7, 11) is 0. The molecule has 48 valence electrons. The van der Waals surface area contributed by atoms with Crippen LogP contribution in [0.25, 0.3) is 0 Å². The molecule has 3 nitrogen and oxygen atoms in total. The molecule has 0 bridgehead atoms. The summed E-state index contributed by atoms with van der Waals surface area (Å²) in [6, 6.07) is 0. The molecule has 1 rings (SSSR count). The number of H-pyrrole nitrogens is 1. The van der Waals surface area contributed by atoms with E-state index in [1.807, 2.05) is 45.2 Å². The Bertz CT molecular complexity index is 270. The third kappa shape index (κ3) is 1.63. The number of aromatic amines is 1. The van der Waals surface area contributed by atoms with Crippen molar-refractivity contribution in [3.8, 4) is 0 Å². The Morgan fingerprint density at radius 1 is 1.56 bits per heavy atom. The minimum Gasteiger partial charge on any atom is -0.312 e. The molecular weight excluding hydrogens is 346 g/mol. The molecule has 0 aromatic carbocycles. The summed E-state index contributed by atoms with van der Waals surface area (Å²) in [5.41, 5.74) is -0.0741. The molecule has 5 heteroatoms. The molecule has 0 aliphatic rings. The van der Waals surface area contributed by atoms with Gasteiger partial charge < -0.3 is 4.98 Å². The van der Waals surface area contributed by atoms with Gasteiger partial charge in [0.2, 0.25) is 0 Å². The normalized spacial score (nSPS) is 9.56. The van der Waals surface area contributed by atoms with Gasteiger partial charge in [0.25, 0.3) is 5.56 Å². The van der Waals surface area contributed by atoms with E-state index in [4.69, 9.17) is 0 Å². The zero-order valence-electron chi connectivity index (χ0n) is 4.19. The van der Waals surface area contributed by atoms with Crippen LogP contribution in [0.5, 0.6) is 0 Å². The molecule has 0 radical (unpaired) electrons. The molecule has 1 aromatic rings. The SMILES string of the molecule is O=c1[nH]cnc(I)c1I. The van der Waals surface area contributed by atoms with Crippen LogP contribution in [0.3, 0.4) is 0 Å². The van der Waals surface area contributed by atoms with Gasteiger partial charge in [0, 0.05) is 0 Å². The van der Waals surface area contributed by atoms with E-state index in [1.165, 1.54) is 6.33 Å². The van der Waals surface area contributed by atoms with Gasteiger partial charge in [0.05, 0.1) is 6.33 Å². The largest absolute Gasteiger partial charge is 0.312 e. The van der Waals surface area contributed by atoms with Crippen LogP contribution in [0.1, 0.15) is 0 Å². The highest BCUT2D eigenvalue weighted by molar-refractivity contribution is 14.1. The predicted molar refractivity (Wildman–Crippen MR) is 50.3 cm³/mol. The lowest BCUT2D eigenvalue weighted by atomic mass is 10.7. The van der Waals surface area contributed by atoms with Gasteiger partial charge in [-0.3, -0.25) is 4.79 Å². The van der Waals surface area contributed by atoms with Gasteiger partial charge in [0.1, 0.15) is 7.27 Å². The number of nitrogens with one attached hydrogen (secondary N) is 1. The first-order valence-electron chi connectivity index (χ1n) is 2.10. The Kier molecular flexibility index (Phi) is 2.44. The van der Waals surface area contributed by atoms with Gasteiger partial charge in [-0.25, -0.2) is 4.98 Å². The zero-order chi connectivity index (χ0) is 6.85. The maximum Gasteiger partial charge on any atom is 0.265 e. The topological polar surface area (TPSA) is 45.8 Å². The molecule has 0 amide bonds. The van der Waals surface area contributed by atoms with Crippen molar-refractivity contribution >= 4 is 45.2 Å². The van der Waals surface area contributed by atoms with Crippen molar-refractivity contribution < 1.29 is 0 Å². The van der Waals surface area contributed by atoms with Gasteiger partial charge >= 0.3 is 0 Å². The number of halogens is 2. The van der Waals surface area contributed by atoms with Gasteiger partial charge in [-0.1, -0.05) is 0 Å². The standard InChI is InChI=1S/C4H2I2N2O/c5-2-3(6)7-1-8-4(2)9/h1H,(H,7,8,9). The second-order valence-corrected chi connectivity index (χ2v) is 3.44. The first kappa shape index (κ1) is 7.45. The quantitative estimate of drug-likeness (QED) is 0.561. The number of hydrogen-bond acceptors (Lipinski definition) is 2. The van der Waals surface area contributed by atoms with Gasteiger partial charge in [-0.05, 0) is 45.2 Å². The predicted octanol–water partition coefficient (Wildman–Crippen LogP) is 0.979. The molecule has 0 atom stereocenters. The summed E-state index contributed by atoms with van der Waals surface area (Å²) in [6.45, 7) is 0. The average Bonchev–Trinajstić information content (AvgIpc) is 1.83. The number of rotatable bonds is 0. The van der Waals surface area contributed by atoms with Gasteiger partial charge in [-0.15, -0.1) is 0 Å². The van der Waals surface area contributed by atoms with E-state index in [9.17, 15) is 4.79 Å². The van der Waals surface area contributed by atoms with E-state index >= 15 is 0 Å². The molecule has 0 aliphatic carbocycles. The van der Waals surface area contributed by atoms with Crippen LogP contribution in [0, 0.1) is 7.27 Å². The van der Waals surface area contributed by atoms with E-state index in [-0.39, 0.29) is 5.56 Å². The first-order valence-corrected chi connectivity index (χ1v) is 4.26. The van der Waals surface area contributed by atoms with Crippen LogP contribution < -0.4 is 5.56 Å². The van der Waals surface area contributed by atoms with Crippen LogP contribution >= 0.6 is 45.2 Å². The Labute approximate surface area is 78.6 Å². The summed E-state index contributed by atoms with van der Waals surface area (Å²) in [5.74, 6) is 0. The van der Waals surface area contributed by atoms with Crippen molar-refractivity contribution in [2.75, 3.05) is 0 Å². The molecule has 0 aliphatic heterocycles. The molecule has 1 heterocycles. The summed E-state index contributed by atoms with van der Waals surface area (Å²) in [5, 5.41) is 0. The third-order valence-corrected chi connectivity index (χ3v) is 3.60. The number of aromatic nitrogens is 2.